The third-order valence-corrected chi connectivity index (χ3v) is 3.83. The molecule has 1 fully saturated rings. The number of nitrogens with one attached hydrogen (secondary N) is 1. The summed E-state index contributed by atoms with van der Waals surface area (Å²) in [5, 5.41) is 19.4. The Hall–Kier alpha value is -2.88. The van der Waals surface area contributed by atoms with Crippen molar-refractivity contribution in [2.75, 3.05) is 18.4 Å². The fourth-order valence-corrected chi connectivity index (χ4v) is 2.58. The number of carbonyl (C=O) groups excluding carboxylic acids is 1. The summed E-state index contributed by atoms with van der Waals surface area (Å²) in [5.74, 6) is 0. The van der Waals surface area contributed by atoms with Gasteiger partial charge in [-0.1, -0.05) is 5.21 Å². The number of amides is 2. The van der Waals surface area contributed by atoms with Gasteiger partial charge in [-0.2, -0.15) is 5.26 Å². The number of anilines is 1. The molecular weight excluding hydrogens is 280 g/mol. The minimum atomic E-state index is -0.109. The molecule has 1 aromatic carbocycles. The van der Waals surface area contributed by atoms with Crippen LogP contribution in [0, 0.1) is 11.3 Å². The lowest BCUT2D eigenvalue weighted by Gasteiger charge is -2.31. The Morgan fingerprint density at radius 3 is 2.59 bits per heavy atom. The minimum Gasteiger partial charge on any atom is -0.324 e. The molecule has 0 aliphatic carbocycles. The average molecular weight is 296 g/mol. The third kappa shape index (κ3) is 3.06. The first-order valence-corrected chi connectivity index (χ1v) is 7.18. The van der Waals surface area contributed by atoms with E-state index in [0.29, 0.717) is 30.4 Å². The van der Waals surface area contributed by atoms with Crippen LogP contribution in [0.2, 0.25) is 0 Å². The van der Waals surface area contributed by atoms with Crippen molar-refractivity contribution in [2.45, 2.75) is 18.9 Å². The SMILES string of the molecule is N#Cc1ccc(NC(=O)N2CCC(n3ccnn3)CC2)cc1. The van der Waals surface area contributed by atoms with Crippen molar-refractivity contribution < 1.29 is 4.79 Å². The van der Waals surface area contributed by atoms with Gasteiger partial charge in [-0.25, -0.2) is 9.48 Å². The molecule has 1 aliphatic heterocycles. The molecule has 0 atom stereocenters. The van der Waals surface area contributed by atoms with E-state index in [1.807, 2.05) is 10.9 Å². The molecule has 1 aromatic heterocycles. The predicted molar refractivity (Wildman–Crippen MR) is 80.0 cm³/mol. The Bertz CT molecular complexity index is 665. The molecule has 0 spiro atoms. The highest BCUT2D eigenvalue weighted by molar-refractivity contribution is 5.89. The number of aromatic nitrogens is 3. The number of likely N-dealkylation sites (tertiary alicyclic amines) is 1. The molecule has 7 nitrogen and oxygen atoms in total. The van der Waals surface area contributed by atoms with E-state index in [2.05, 4.69) is 21.7 Å². The van der Waals surface area contributed by atoms with Gasteiger partial charge in [-0.15, -0.1) is 5.10 Å². The summed E-state index contributed by atoms with van der Waals surface area (Å²) < 4.78 is 1.86. The van der Waals surface area contributed by atoms with E-state index in [9.17, 15) is 4.79 Å². The van der Waals surface area contributed by atoms with Crippen LogP contribution in [0.15, 0.2) is 36.7 Å². The van der Waals surface area contributed by atoms with E-state index < -0.39 is 0 Å². The second kappa shape index (κ2) is 6.26. The third-order valence-electron chi connectivity index (χ3n) is 3.83. The molecule has 1 aliphatic rings. The van der Waals surface area contributed by atoms with Gasteiger partial charge in [0.2, 0.25) is 0 Å². The van der Waals surface area contributed by atoms with Gasteiger partial charge in [0.05, 0.1) is 23.9 Å². The standard InChI is InChI=1S/C15H16N6O/c16-11-12-1-3-13(4-2-12)18-15(22)20-8-5-14(6-9-20)21-10-7-17-19-21/h1-4,7,10,14H,5-6,8-9H2,(H,18,22). The number of piperidine rings is 1. The largest absolute Gasteiger partial charge is 0.324 e. The molecule has 0 unspecified atom stereocenters. The van der Waals surface area contributed by atoms with Crippen LogP contribution in [0.3, 0.4) is 0 Å². The summed E-state index contributed by atoms with van der Waals surface area (Å²) >= 11 is 0. The zero-order valence-electron chi connectivity index (χ0n) is 12.0. The topological polar surface area (TPSA) is 86.8 Å². The van der Waals surface area contributed by atoms with Crippen LogP contribution in [0.4, 0.5) is 10.5 Å². The second-order valence-corrected chi connectivity index (χ2v) is 5.22. The molecule has 3 rings (SSSR count). The van der Waals surface area contributed by atoms with E-state index in [1.165, 1.54) is 0 Å². The molecular formula is C15H16N6O. The van der Waals surface area contributed by atoms with Gasteiger partial charge in [0, 0.05) is 25.0 Å². The average Bonchev–Trinajstić information content (AvgIpc) is 3.10. The van der Waals surface area contributed by atoms with Gasteiger partial charge in [-0.3, -0.25) is 0 Å². The fourth-order valence-electron chi connectivity index (χ4n) is 2.58. The first kappa shape index (κ1) is 14.1. The molecule has 0 saturated carbocycles. The van der Waals surface area contributed by atoms with Crippen LogP contribution in [0.1, 0.15) is 24.4 Å². The monoisotopic (exact) mass is 296 g/mol. The summed E-state index contributed by atoms with van der Waals surface area (Å²) in [6.45, 7) is 1.37. The number of benzene rings is 1. The van der Waals surface area contributed by atoms with Crippen LogP contribution in [-0.4, -0.2) is 39.0 Å². The fraction of sp³-hybridized carbons (Fsp3) is 0.333. The highest BCUT2D eigenvalue weighted by Crippen LogP contribution is 2.21. The van der Waals surface area contributed by atoms with Crippen molar-refractivity contribution in [1.29, 1.82) is 5.26 Å². The van der Waals surface area contributed by atoms with Crippen LogP contribution >= 0.6 is 0 Å². The number of urea groups is 1. The first-order valence-electron chi connectivity index (χ1n) is 7.18. The zero-order valence-corrected chi connectivity index (χ0v) is 12.0. The minimum absolute atomic E-state index is 0.109. The molecule has 1 N–H and O–H groups in total. The molecule has 2 amide bonds. The summed E-state index contributed by atoms with van der Waals surface area (Å²) in [7, 11) is 0. The quantitative estimate of drug-likeness (QED) is 0.918. The molecule has 1 saturated heterocycles. The molecule has 2 aromatic rings. The Kier molecular flexibility index (Phi) is 4.01. The maximum atomic E-state index is 12.2. The van der Waals surface area contributed by atoms with Crippen molar-refractivity contribution in [1.82, 2.24) is 19.9 Å². The number of nitriles is 1. The van der Waals surface area contributed by atoms with E-state index in [-0.39, 0.29) is 6.03 Å². The van der Waals surface area contributed by atoms with Crippen molar-refractivity contribution >= 4 is 11.7 Å². The van der Waals surface area contributed by atoms with Crippen LogP contribution in [-0.2, 0) is 0 Å². The predicted octanol–water partition coefficient (Wildman–Crippen LogP) is 2.02. The molecule has 22 heavy (non-hydrogen) atoms. The van der Waals surface area contributed by atoms with Crippen molar-refractivity contribution in [3.63, 3.8) is 0 Å². The Labute approximate surface area is 128 Å². The highest BCUT2D eigenvalue weighted by Gasteiger charge is 2.24. The smallest absolute Gasteiger partial charge is 0.321 e. The summed E-state index contributed by atoms with van der Waals surface area (Å²) in [6.07, 6.45) is 5.26. The highest BCUT2D eigenvalue weighted by atomic mass is 16.2. The molecule has 112 valence electrons. The number of carbonyl (C=O) groups is 1. The van der Waals surface area contributed by atoms with Crippen molar-refractivity contribution in [3.05, 3.63) is 42.2 Å². The number of rotatable bonds is 2. The van der Waals surface area contributed by atoms with Crippen molar-refractivity contribution in [3.8, 4) is 6.07 Å². The van der Waals surface area contributed by atoms with E-state index in [4.69, 9.17) is 5.26 Å². The van der Waals surface area contributed by atoms with E-state index in [1.54, 1.807) is 35.4 Å². The van der Waals surface area contributed by atoms with Gasteiger partial charge >= 0.3 is 6.03 Å². The Balaban J connectivity index is 1.54. The normalized spacial score (nSPS) is 15.3. The number of nitrogens with zero attached hydrogens (tertiary/aromatic N) is 5. The number of hydrogen-bond acceptors (Lipinski definition) is 4. The lowest BCUT2D eigenvalue weighted by Crippen LogP contribution is -2.41. The molecule has 0 radical (unpaired) electrons. The van der Waals surface area contributed by atoms with Crippen LogP contribution < -0.4 is 5.32 Å². The Morgan fingerprint density at radius 1 is 1.27 bits per heavy atom. The van der Waals surface area contributed by atoms with Gasteiger partial charge in [-0.05, 0) is 37.1 Å². The summed E-state index contributed by atoms with van der Waals surface area (Å²) in [4.78, 5) is 14.0. The second-order valence-electron chi connectivity index (χ2n) is 5.22. The first-order chi connectivity index (χ1) is 10.8. The maximum Gasteiger partial charge on any atom is 0.321 e. The van der Waals surface area contributed by atoms with Gasteiger partial charge in [0.15, 0.2) is 0 Å². The van der Waals surface area contributed by atoms with E-state index in [0.717, 1.165) is 12.8 Å². The number of hydrogen-bond donors (Lipinski definition) is 1. The van der Waals surface area contributed by atoms with Gasteiger partial charge in [0.1, 0.15) is 0 Å². The lowest BCUT2D eigenvalue weighted by molar-refractivity contribution is 0.179. The van der Waals surface area contributed by atoms with Crippen LogP contribution in [0.25, 0.3) is 0 Å². The summed E-state index contributed by atoms with van der Waals surface area (Å²) in [6, 6.07) is 9.09. The lowest BCUT2D eigenvalue weighted by atomic mass is 10.1. The van der Waals surface area contributed by atoms with E-state index >= 15 is 0 Å². The summed E-state index contributed by atoms with van der Waals surface area (Å²) in [5.41, 5.74) is 1.27. The van der Waals surface area contributed by atoms with Gasteiger partial charge in [0.25, 0.3) is 0 Å². The molecule has 0 bridgehead atoms. The molecule has 2 heterocycles. The van der Waals surface area contributed by atoms with Crippen molar-refractivity contribution in [2.24, 2.45) is 0 Å². The van der Waals surface area contributed by atoms with Crippen LogP contribution in [0.5, 0.6) is 0 Å². The Morgan fingerprint density at radius 2 is 2.00 bits per heavy atom. The molecule has 7 heteroatoms. The maximum absolute atomic E-state index is 12.2. The van der Waals surface area contributed by atoms with Gasteiger partial charge < -0.3 is 10.2 Å². The zero-order chi connectivity index (χ0) is 15.4.